The molecule has 1 amide bonds. The zero-order valence-electron chi connectivity index (χ0n) is 16.7. The summed E-state index contributed by atoms with van der Waals surface area (Å²) in [6.07, 6.45) is 4.58. The van der Waals surface area contributed by atoms with Gasteiger partial charge in [0.1, 0.15) is 10.7 Å². The molecule has 1 aliphatic rings. The molecule has 1 saturated carbocycles. The van der Waals surface area contributed by atoms with Gasteiger partial charge in [-0.05, 0) is 61.1 Å². The molecule has 0 saturated heterocycles. The molecule has 0 bridgehead atoms. The molecule has 0 heterocycles. The minimum Gasteiger partial charge on any atom is -0.322 e. The topological polar surface area (TPSA) is 75.3 Å². The molecule has 0 aromatic heterocycles. The van der Waals surface area contributed by atoms with Crippen molar-refractivity contribution < 1.29 is 17.6 Å². The van der Waals surface area contributed by atoms with Crippen LogP contribution in [0.4, 0.5) is 10.1 Å². The maximum Gasteiger partial charge on any atom is 0.255 e. The van der Waals surface area contributed by atoms with E-state index in [1.807, 2.05) is 26.0 Å². The molecule has 1 fully saturated rings. The van der Waals surface area contributed by atoms with Gasteiger partial charge in [0.05, 0.1) is 0 Å². The van der Waals surface area contributed by atoms with Gasteiger partial charge in [0, 0.05) is 17.3 Å². The van der Waals surface area contributed by atoms with Crippen molar-refractivity contribution in [2.45, 2.75) is 56.9 Å². The zero-order valence-corrected chi connectivity index (χ0v) is 17.6. The van der Waals surface area contributed by atoms with Crippen molar-refractivity contribution in [3.8, 4) is 0 Å². The molecule has 0 spiro atoms. The lowest BCUT2D eigenvalue weighted by Crippen LogP contribution is -2.41. The van der Waals surface area contributed by atoms with Gasteiger partial charge >= 0.3 is 0 Å². The first-order valence-corrected chi connectivity index (χ1v) is 11.5. The highest BCUT2D eigenvalue weighted by atomic mass is 32.2. The van der Waals surface area contributed by atoms with E-state index >= 15 is 0 Å². The number of carbonyl (C=O) groups excluding carboxylic acids is 1. The largest absolute Gasteiger partial charge is 0.322 e. The van der Waals surface area contributed by atoms with E-state index in [9.17, 15) is 17.6 Å². The molecule has 0 aliphatic heterocycles. The summed E-state index contributed by atoms with van der Waals surface area (Å²) in [5.41, 5.74) is 1.82. The van der Waals surface area contributed by atoms with Crippen LogP contribution >= 0.6 is 0 Å². The Morgan fingerprint density at radius 3 is 2.45 bits per heavy atom. The van der Waals surface area contributed by atoms with E-state index in [0.29, 0.717) is 5.69 Å². The fraction of sp³-hybridized carbons (Fsp3) is 0.409. The number of anilines is 1. The SMILES string of the molecule is CCc1ccc(NC(=O)c2ccc(F)c(S(=O)(=O)N[C@H]3CCCC[C@@H]3C)c2)cc1. The highest BCUT2D eigenvalue weighted by Gasteiger charge is 2.29. The fourth-order valence-electron chi connectivity index (χ4n) is 3.63. The second kappa shape index (κ2) is 9.05. The van der Waals surface area contributed by atoms with E-state index in [4.69, 9.17) is 0 Å². The third-order valence-corrected chi connectivity index (χ3v) is 7.03. The van der Waals surface area contributed by atoms with Crippen LogP contribution in [0.1, 0.15) is 55.5 Å². The monoisotopic (exact) mass is 418 g/mol. The van der Waals surface area contributed by atoms with Gasteiger partial charge in [0.25, 0.3) is 5.91 Å². The molecular formula is C22H27FN2O3S. The van der Waals surface area contributed by atoms with Gasteiger partial charge in [-0.3, -0.25) is 4.79 Å². The predicted molar refractivity (Wildman–Crippen MR) is 112 cm³/mol. The molecule has 2 aromatic rings. The van der Waals surface area contributed by atoms with Crippen molar-refractivity contribution in [2.75, 3.05) is 5.32 Å². The lowest BCUT2D eigenvalue weighted by molar-refractivity contribution is 0.102. The average Bonchev–Trinajstić information content (AvgIpc) is 2.70. The Kier molecular flexibility index (Phi) is 6.70. The Bertz CT molecular complexity index is 974. The minimum absolute atomic E-state index is 0.0861. The molecule has 5 nitrogen and oxygen atoms in total. The Morgan fingerprint density at radius 2 is 1.79 bits per heavy atom. The number of hydrogen-bond acceptors (Lipinski definition) is 3. The Hall–Kier alpha value is -2.25. The molecular weight excluding hydrogens is 391 g/mol. The first kappa shape index (κ1) is 21.5. The number of sulfonamides is 1. The predicted octanol–water partition coefficient (Wildman–Crippen LogP) is 4.50. The van der Waals surface area contributed by atoms with E-state index in [1.165, 1.54) is 6.07 Å². The van der Waals surface area contributed by atoms with Gasteiger partial charge in [-0.25, -0.2) is 17.5 Å². The Balaban J connectivity index is 1.80. The molecule has 0 radical (unpaired) electrons. The third-order valence-electron chi connectivity index (χ3n) is 5.52. The van der Waals surface area contributed by atoms with Gasteiger partial charge in [-0.2, -0.15) is 0 Å². The van der Waals surface area contributed by atoms with Crippen LogP contribution in [0.3, 0.4) is 0 Å². The highest BCUT2D eigenvalue weighted by molar-refractivity contribution is 7.89. The summed E-state index contributed by atoms with van der Waals surface area (Å²) in [4.78, 5) is 12.1. The zero-order chi connectivity index (χ0) is 21.0. The van der Waals surface area contributed by atoms with E-state index in [-0.39, 0.29) is 17.5 Å². The van der Waals surface area contributed by atoms with Crippen LogP contribution in [0, 0.1) is 11.7 Å². The summed E-state index contributed by atoms with van der Waals surface area (Å²) in [7, 11) is -4.07. The molecule has 1 aliphatic carbocycles. The van der Waals surface area contributed by atoms with E-state index in [1.54, 1.807) is 12.1 Å². The molecule has 2 atom stereocenters. The molecule has 29 heavy (non-hydrogen) atoms. The maximum atomic E-state index is 14.3. The number of rotatable bonds is 6. The fourth-order valence-corrected chi connectivity index (χ4v) is 5.11. The summed E-state index contributed by atoms with van der Waals surface area (Å²) in [5, 5.41) is 2.72. The molecule has 7 heteroatoms. The standard InChI is InChI=1S/C22H27FN2O3S/c1-3-16-8-11-18(12-9-16)24-22(26)17-10-13-19(23)21(14-17)29(27,28)25-20-7-5-4-6-15(20)2/h8-15,20,25H,3-7H2,1-2H3,(H,24,26)/t15-,20-/m0/s1. The van der Waals surface area contributed by atoms with Crippen LogP contribution in [0.15, 0.2) is 47.4 Å². The molecule has 0 unspecified atom stereocenters. The van der Waals surface area contributed by atoms with E-state index in [0.717, 1.165) is 49.8 Å². The smallest absolute Gasteiger partial charge is 0.255 e. The van der Waals surface area contributed by atoms with Crippen LogP contribution in [0.5, 0.6) is 0 Å². The van der Waals surface area contributed by atoms with Crippen molar-refractivity contribution in [3.05, 3.63) is 59.4 Å². The summed E-state index contributed by atoms with van der Waals surface area (Å²) < 4.78 is 42.5. The third kappa shape index (κ3) is 5.22. The molecule has 2 aromatic carbocycles. The number of amides is 1. The number of halogens is 1. The van der Waals surface area contributed by atoms with Gasteiger partial charge in [0.2, 0.25) is 10.0 Å². The summed E-state index contributed by atoms with van der Waals surface area (Å²) in [6.45, 7) is 4.03. The van der Waals surface area contributed by atoms with Crippen LogP contribution in [0.2, 0.25) is 0 Å². The minimum atomic E-state index is -4.07. The average molecular weight is 419 g/mol. The number of benzene rings is 2. The second-order valence-electron chi connectivity index (χ2n) is 7.64. The number of aryl methyl sites for hydroxylation is 1. The normalized spacial score (nSPS) is 19.7. The van der Waals surface area contributed by atoms with Crippen LogP contribution in [-0.2, 0) is 16.4 Å². The van der Waals surface area contributed by atoms with Crippen molar-refractivity contribution in [3.63, 3.8) is 0 Å². The molecule has 3 rings (SSSR count). The first-order chi connectivity index (χ1) is 13.8. The van der Waals surface area contributed by atoms with Crippen molar-refractivity contribution in [1.29, 1.82) is 0 Å². The van der Waals surface area contributed by atoms with Crippen molar-refractivity contribution in [1.82, 2.24) is 4.72 Å². The van der Waals surface area contributed by atoms with Crippen molar-refractivity contribution >= 4 is 21.6 Å². The number of nitrogens with one attached hydrogen (secondary N) is 2. The van der Waals surface area contributed by atoms with Crippen LogP contribution < -0.4 is 10.0 Å². The Morgan fingerprint density at radius 1 is 1.10 bits per heavy atom. The van der Waals surface area contributed by atoms with E-state index in [2.05, 4.69) is 10.0 Å². The summed E-state index contributed by atoms with van der Waals surface area (Å²) in [6, 6.07) is 10.6. The Labute approximate surface area is 171 Å². The maximum absolute atomic E-state index is 14.3. The highest BCUT2D eigenvalue weighted by Crippen LogP contribution is 2.26. The quantitative estimate of drug-likeness (QED) is 0.725. The van der Waals surface area contributed by atoms with Crippen molar-refractivity contribution in [2.24, 2.45) is 5.92 Å². The molecule has 2 N–H and O–H groups in total. The van der Waals surface area contributed by atoms with E-state index < -0.39 is 26.6 Å². The lowest BCUT2D eigenvalue weighted by Gasteiger charge is -2.29. The van der Waals surface area contributed by atoms with Gasteiger partial charge in [-0.15, -0.1) is 0 Å². The van der Waals surface area contributed by atoms with Gasteiger partial charge in [0.15, 0.2) is 0 Å². The van der Waals surface area contributed by atoms with Crippen LogP contribution in [0.25, 0.3) is 0 Å². The summed E-state index contributed by atoms with van der Waals surface area (Å²) in [5.74, 6) is -1.17. The number of hydrogen-bond donors (Lipinski definition) is 2. The lowest BCUT2D eigenvalue weighted by atomic mass is 9.87. The summed E-state index contributed by atoms with van der Waals surface area (Å²) >= 11 is 0. The number of carbonyl (C=O) groups is 1. The second-order valence-corrected chi connectivity index (χ2v) is 9.32. The van der Waals surface area contributed by atoms with Gasteiger partial charge < -0.3 is 5.32 Å². The molecule has 156 valence electrons. The van der Waals surface area contributed by atoms with Crippen LogP contribution in [-0.4, -0.2) is 20.4 Å². The van der Waals surface area contributed by atoms with Gasteiger partial charge in [-0.1, -0.05) is 38.8 Å². The first-order valence-electron chi connectivity index (χ1n) is 10.0.